The van der Waals surface area contributed by atoms with E-state index in [1.165, 1.54) is 22.3 Å². The second kappa shape index (κ2) is 5.55. The Labute approximate surface area is 110 Å². The van der Waals surface area contributed by atoms with E-state index in [4.69, 9.17) is 5.11 Å². The van der Waals surface area contributed by atoms with Crippen molar-refractivity contribution in [1.29, 1.82) is 0 Å². The zero-order valence-corrected chi connectivity index (χ0v) is 12.1. The lowest BCUT2D eigenvalue weighted by atomic mass is 9.79. The first-order valence-electron chi connectivity index (χ1n) is 6.50. The molecule has 0 fully saturated rings. The summed E-state index contributed by atoms with van der Waals surface area (Å²) in [6, 6.07) is 4.41. The molecule has 0 aromatic heterocycles. The number of hydrogen-bond acceptors (Lipinski definition) is 1. The lowest BCUT2D eigenvalue weighted by Gasteiger charge is -2.26. The van der Waals surface area contributed by atoms with Gasteiger partial charge in [0.05, 0.1) is 0 Å². The largest absolute Gasteiger partial charge is 0.481 e. The Morgan fingerprint density at radius 2 is 1.67 bits per heavy atom. The van der Waals surface area contributed by atoms with E-state index in [9.17, 15) is 4.79 Å². The highest BCUT2D eigenvalue weighted by Gasteiger charge is 2.21. The van der Waals surface area contributed by atoms with E-state index in [0.29, 0.717) is 0 Å². The third-order valence-corrected chi connectivity index (χ3v) is 3.51. The fourth-order valence-electron chi connectivity index (χ4n) is 2.50. The Morgan fingerprint density at radius 1 is 1.17 bits per heavy atom. The lowest BCUT2D eigenvalue weighted by Crippen LogP contribution is -2.18. The molecule has 0 aliphatic rings. The molecule has 0 atom stereocenters. The highest BCUT2D eigenvalue weighted by molar-refractivity contribution is 5.66. The molecule has 1 N–H and O–H groups in total. The van der Waals surface area contributed by atoms with Gasteiger partial charge >= 0.3 is 5.97 Å². The van der Waals surface area contributed by atoms with Crippen LogP contribution in [0.3, 0.4) is 0 Å². The summed E-state index contributed by atoms with van der Waals surface area (Å²) >= 11 is 0. The van der Waals surface area contributed by atoms with E-state index >= 15 is 0 Å². The Hall–Kier alpha value is -1.31. The molecule has 0 saturated heterocycles. The maximum atomic E-state index is 10.7. The highest BCUT2D eigenvalue weighted by atomic mass is 16.4. The fraction of sp³-hybridized carbons (Fsp3) is 0.562. The predicted molar refractivity (Wildman–Crippen MR) is 75.0 cm³/mol. The topological polar surface area (TPSA) is 37.3 Å². The molecule has 0 heterocycles. The van der Waals surface area contributed by atoms with Crippen LogP contribution in [-0.4, -0.2) is 11.1 Å². The minimum absolute atomic E-state index is 0.0309. The van der Waals surface area contributed by atoms with Crippen LogP contribution in [0.1, 0.15) is 48.9 Å². The van der Waals surface area contributed by atoms with Gasteiger partial charge in [0.15, 0.2) is 0 Å². The second-order valence-corrected chi connectivity index (χ2v) is 6.11. The summed E-state index contributed by atoms with van der Waals surface area (Å²) in [7, 11) is 0. The van der Waals surface area contributed by atoms with Crippen LogP contribution in [0.5, 0.6) is 0 Å². The Bertz CT molecular complexity index is 421. The minimum atomic E-state index is -0.708. The van der Waals surface area contributed by atoms with Crippen molar-refractivity contribution >= 4 is 5.97 Å². The zero-order valence-electron chi connectivity index (χ0n) is 12.1. The van der Waals surface area contributed by atoms with Crippen LogP contribution in [0.2, 0.25) is 0 Å². The molecule has 1 aromatic carbocycles. The summed E-state index contributed by atoms with van der Waals surface area (Å²) in [6.07, 6.45) is 1.91. The van der Waals surface area contributed by atoms with Crippen LogP contribution in [0, 0.1) is 26.2 Å². The number of carbonyl (C=O) groups is 1. The predicted octanol–water partition coefficient (Wildman–Crippen LogP) is 4.05. The van der Waals surface area contributed by atoms with E-state index in [-0.39, 0.29) is 11.8 Å². The summed E-state index contributed by atoms with van der Waals surface area (Å²) in [6.45, 7) is 10.7. The molecule has 100 valence electrons. The second-order valence-electron chi connectivity index (χ2n) is 6.11. The van der Waals surface area contributed by atoms with Crippen LogP contribution in [0.25, 0.3) is 0 Å². The normalized spacial score (nSPS) is 11.6. The van der Waals surface area contributed by atoms with Crippen molar-refractivity contribution in [2.24, 2.45) is 5.41 Å². The molecule has 18 heavy (non-hydrogen) atoms. The molecular weight excluding hydrogens is 224 g/mol. The molecule has 0 radical (unpaired) electrons. The van der Waals surface area contributed by atoms with Gasteiger partial charge < -0.3 is 5.11 Å². The fourth-order valence-corrected chi connectivity index (χ4v) is 2.50. The van der Waals surface area contributed by atoms with E-state index < -0.39 is 5.97 Å². The average Bonchev–Trinajstić information content (AvgIpc) is 2.21. The Kier molecular flexibility index (Phi) is 4.55. The van der Waals surface area contributed by atoms with Crippen LogP contribution in [0.4, 0.5) is 0 Å². The minimum Gasteiger partial charge on any atom is -0.481 e. The van der Waals surface area contributed by atoms with Crippen molar-refractivity contribution in [3.63, 3.8) is 0 Å². The summed E-state index contributed by atoms with van der Waals surface area (Å²) in [5.41, 5.74) is 5.32. The number of benzene rings is 1. The van der Waals surface area contributed by atoms with Gasteiger partial charge in [0.1, 0.15) is 0 Å². The van der Waals surface area contributed by atoms with Gasteiger partial charge in [0.2, 0.25) is 0 Å². The van der Waals surface area contributed by atoms with Crippen molar-refractivity contribution in [2.75, 3.05) is 0 Å². The Morgan fingerprint density at radius 3 is 2.11 bits per heavy atom. The molecule has 1 rings (SSSR count). The third-order valence-electron chi connectivity index (χ3n) is 3.51. The van der Waals surface area contributed by atoms with Gasteiger partial charge in [-0.1, -0.05) is 31.5 Å². The van der Waals surface area contributed by atoms with Crippen molar-refractivity contribution < 1.29 is 9.90 Å². The first-order valence-corrected chi connectivity index (χ1v) is 6.50. The number of aryl methyl sites for hydroxylation is 3. The summed E-state index contributed by atoms with van der Waals surface area (Å²) in [5, 5.41) is 8.79. The van der Waals surface area contributed by atoms with Crippen LogP contribution in [0.15, 0.2) is 12.1 Å². The van der Waals surface area contributed by atoms with Crippen LogP contribution in [-0.2, 0) is 11.2 Å². The number of carboxylic acids is 1. The van der Waals surface area contributed by atoms with Crippen LogP contribution < -0.4 is 0 Å². The van der Waals surface area contributed by atoms with Crippen molar-refractivity contribution in [2.45, 2.75) is 53.9 Å². The summed E-state index contributed by atoms with van der Waals surface area (Å²) in [5.74, 6) is -0.708. The maximum absolute atomic E-state index is 10.7. The first kappa shape index (κ1) is 14.7. The van der Waals surface area contributed by atoms with Crippen molar-refractivity contribution in [1.82, 2.24) is 0 Å². The van der Waals surface area contributed by atoms with Crippen molar-refractivity contribution in [3.05, 3.63) is 34.4 Å². The van der Waals surface area contributed by atoms with Crippen molar-refractivity contribution in [3.8, 4) is 0 Å². The molecule has 2 heteroatoms. The Balaban J connectivity index is 2.86. The highest BCUT2D eigenvalue weighted by Crippen LogP contribution is 2.30. The zero-order chi connectivity index (χ0) is 13.9. The van der Waals surface area contributed by atoms with Gasteiger partial charge in [0, 0.05) is 6.42 Å². The summed E-state index contributed by atoms with van der Waals surface area (Å²) < 4.78 is 0. The maximum Gasteiger partial charge on any atom is 0.303 e. The van der Waals surface area contributed by atoms with E-state index in [1.807, 2.05) is 0 Å². The molecule has 0 amide bonds. The van der Waals surface area contributed by atoms with E-state index in [0.717, 1.165) is 12.8 Å². The third kappa shape index (κ3) is 4.17. The molecule has 0 spiro atoms. The molecule has 2 nitrogen and oxygen atoms in total. The molecule has 0 aliphatic heterocycles. The summed E-state index contributed by atoms with van der Waals surface area (Å²) in [4.78, 5) is 10.7. The van der Waals surface area contributed by atoms with Crippen LogP contribution >= 0.6 is 0 Å². The molecule has 0 bridgehead atoms. The molecule has 0 unspecified atom stereocenters. The molecule has 0 saturated carbocycles. The quantitative estimate of drug-likeness (QED) is 0.853. The standard InChI is InChI=1S/C16H24O2/c1-11-8-12(2)14(13(3)9-11)10-16(4,5)7-6-15(17)18/h8-9H,6-7,10H2,1-5H3,(H,17,18). The number of carboxylic acid groups (broad SMARTS) is 1. The monoisotopic (exact) mass is 248 g/mol. The number of rotatable bonds is 5. The first-order chi connectivity index (χ1) is 8.21. The molecule has 1 aromatic rings. The average molecular weight is 248 g/mol. The van der Waals surface area contributed by atoms with E-state index in [1.54, 1.807) is 0 Å². The van der Waals surface area contributed by atoms with Gasteiger partial charge in [-0.15, -0.1) is 0 Å². The molecule has 0 aliphatic carbocycles. The number of hydrogen-bond donors (Lipinski definition) is 1. The van der Waals surface area contributed by atoms with Gasteiger partial charge in [-0.2, -0.15) is 0 Å². The number of aliphatic carboxylic acids is 1. The van der Waals surface area contributed by atoms with Gasteiger partial charge in [-0.3, -0.25) is 4.79 Å². The van der Waals surface area contributed by atoms with Gasteiger partial charge in [-0.25, -0.2) is 0 Å². The molecular formula is C16H24O2. The lowest BCUT2D eigenvalue weighted by molar-refractivity contribution is -0.137. The van der Waals surface area contributed by atoms with Gasteiger partial charge in [0.25, 0.3) is 0 Å². The smallest absolute Gasteiger partial charge is 0.303 e. The SMILES string of the molecule is Cc1cc(C)c(CC(C)(C)CCC(=O)O)c(C)c1. The van der Waals surface area contributed by atoms with Gasteiger partial charge in [-0.05, 0) is 55.7 Å². The van der Waals surface area contributed by atoms with E-state index in [2.05, 4.69) is 46.8 Å².